The minimum atomic E-state index is 0.392. The maximum absolute atomic E-state index is 5.60. The van der Waals surface area contributed by atoms with Gasteiger partial charge in [0.1, 0.15) is 6.26 Å². The molecule has 1 N–H and O–H groups in total. The van der Waals surface area contributed by atoms with Gasteiger partial charge in [0.25, 0.3) is 0 Å². The van der Waals surface area contributed by atoms with E-state index in [1.54, 1.807) is 12.5 Å². The summed E-state index contributed by atoms with van der Waals surface area (Å²) in [6.07, 6.45) is 7.46. The average molecular weight is 196 g/mol. The Bertz CT molecular complexity index is 243. The average Bonchev–Trinajstić information content (AvgIpc) is 2.72. The summed E-state index contributed by atoms with van der Waals surface area (Å²) in [5.74, 6) is 0. The maximum Gasteiger partial charge on any atom is 0.128 e. The molecule has 1 aliphatic rings. The molecule has 2 rings (SSSR count). The number of nitrogens with zero attached hydrogens (tertiary/aromatic N) is 1. The van der Waals surface area contributed by atoms with Crippen molar-refractivity contribution in [3.63, 3.8) is 0 Å². The van der Waals surface area contributed by atoms with E-state index < -0.39 is 0 Å². The van der Waals surface area contributed by atoms with Gasteiger partial charge in [0.15, 0.2) is 0 Å². The van der Waals surface area contributed by atoms with Crippen molar-refractivity contribution in [2.75, 3.05) is 13.2 Å². The summed E-state index contributed by atoms with van der Waals surface area (Å²) in [5, 5.41) is 6.97. The molecule has 0 bridgehead atoms. The zero-order chi connectivity index (χ0) is 9.64. The Kier molecular flexibility index (Phi) is 3.54. The molecule has 2 heterocycles. The molecule has 4 nitrogen and oxygen atoms in total. The summed E-state index contributed by atoms with van der Waals surface area (Å²) >= 11 is 0. The summed E-state index contributed by atoms with van der Waals surface area (Å²) in [6, 6.07) is 0. The maximum atomic E-state index is 5.60. The van der Waals surface area contributed by atoms with Crippen molar-refractivity contribution < 1.29 is 9.26 Å². The van der Waals surface area contributed by atoms with Gasteiger partial charge in [0.05, 0.1) is 12.3 Å². The molecule has 1 unspecified atom stereocenters. The van der Waals surface area contributed by atoms with Gasteiger partial charge in [-0.05, 0) is 19.3 Å². The third kappa shape index (κ3) is 2.82. The minimum Gasteiger partial charge on any atom is -0.377 e. The molecule has 1 atom stereocenters. The van der Waals surface area contributed by atoms with Crippen LogP contribution in [-0.2, 0) is 11.3 Å². The number of hydrogen-bond donors (Lipinski definition) is 1. The first kappa shape index (κ1) is 9.68. The summed E-state index contributed by atoms with van der Waals surface area (Å²) < 4.78 is 10.3. The van der Waals surface area contributed by atoms with Crippen molar-refractivity contribution in [3.05, 3.63) is 18.0 Å². The van der Waals surface area contributed by atoms with Gasteiger partial charge in [0.2, 0.25) is 0 Å². The number of ether oxygens (including phenoxy) is 1. The number of hydrogen-bond acceptors (Lipinski definition) is 4. The molecule has 0 spiro atoms. The highest BCUT2D eigenvalue weighted by Crippen LogP contribution is 2.11. The van der Waals surface area contributed by atoms with Crippen LogP contribution in [-0.4, -0.2) is 24.4 Å². The van der Waals surface area contributed by atoms with Crippen molar-refractivity contribution >= 4 is 0 Å². The predicted octanol–water partition coefficient (Wildman–Crippen LogP) is 1.33. The molecule has 0 aromatic carbocycles. The SMILES string of the molecule is c1nocc1CNCC1CCCCO1. The van der Waals surface area contributed by atoms with Gasteiger partial charge in [-0.3, -0.25) is 0 Å². The molecule has 78 valence electrons. The van der Waals surface area contributed by atoms with Gasteiger partial charge >= 0.3 is 0 Å². The van der Waals surface area contributed by atoms with Gasteiger partial charge in [0, 0.05) is 25.3 Å². The third-order valence-corrected chi connectivity index (χ3v) is 2.46. The first-order valence-electron chi connectivity index (χ1n) is 5.16. The zero-order valence-corrected chi connectivity index (χ0v) is 8.24. The van der Waals surface area contributed by atoms with Crippen LogP contribution in [0.15, 0.2) is 17.0 Å². The molecule has 0 radical (unpaired) electrons. The second kappa shape index (κ2) is 5.12. The fraction of sp³-hybridized carbons (Fsp3) is 0.700. The third-order valence-electron chi connectivity index (χ3n) is 2.46. The van der Waals surface area contributed by atoms with Crippen LogP contribution in [0, 0.1) is 0 Å². The Morgan fingerprint density at radius 1 is 1.50 bits per heavy atom. The molecule has 1 saturated heterocycles. The Balaban J connectivity index is 1.62. The minimum absolute atomic E-state index is 0.392. The Labute approximate surface area is 83.6 Å². The molecule has 14 heavy (non-hydrogen) atoms. The number of nitrogens with one attached hydrogen (secondary N) is 1. The van der Waals surface area contributed by atoms with Crippen LogP contribution in [0.25, 0.3) is 0 Å². The second-order valence-corrected chi connectivity index (χ2v) is 3.65. The smallest absolute Gasteiger partial charge is 0.128 e. The van der Waals surface area contributed by atoms with E-state index in [1.807, 2.05) is 0 Å². The van der Waals surface area contributed by atoms with Crippen molar-refractivity contribution in [3.8, 4) is 0 Å². The summed E-state index contributed by atoms with van der Waals surface area (Å²) in [6.45, 7) is 2.65. The molecular formula is C10H16N2O2. The highest BCUT2D eigenvalue weighted by Gasteiger charge is 2.12. The zero-order valence-electron chi connectivity index (χ0n) is 8.24. The van der Waals surface area contributed by atoms with Gasteiger partial charge in [-0.25, -0.2) is 0 Å². The standard InChI is InChI=1S/C10H16N2O2/c1-2-4-13-10(3-1)7-11-5-9-6-12-14-8-9/h6,8,10-11H,1-5,7H2. The van der Waals surface area contributed by atoms with E-state index >= 15 is 0 Å². The molecule has 4 heteroatoms. The van der Waals surface area contributed by atoms with E-state index in [0.717, 1.165) is 25.3 Å². The van der Waals surface area contributed by atoms with Gasteiger partial charge in [-0.1, -0.05) is 5.16 Å². The number of aromatic nitrogens is 1. The molecular weight excluding hydrogens is 180 g/mol. The lowest BCUT2D eigenvalue weighted by atomic mass is 10.1. The fourth-order valence-corrected chi connectivity index (χ4v) is 1.66. The van der Waals surface area contributed by atoms with E-state index in [2.05, 4.69) is 10.5 Å². The summed E-state index contributed by atoms with van der Waals surface area (Å²) in [4.78, 5) is 0. The van der Waals surface area contributed by atoms with E-state index in [0.29, 0.717) is 6.10 Å². The van der Waals surface area contributed by atoms with Gasteiger partial charge in [-0.15, -0.1) is 0 Å². The van der Waals surface area contributed by atoms with Crippen molar-refractivity contribution in [2.45, 2.75) is 31.9 Å². The quantitative estimate of drug-likeness (QED) is 0.789. The van der Waals surface area contributed by atoms with Crippen LogP contribution in [0.5, 0.6) is 0 Å². The van der Waals surface area contributed by atoms with E-state index in [4.69, 9.17) is 9.26 Å². The Hall–Kier alpha value is -0.870. The lowest BCUT2D eigenvalue weighted by molar-refractivity contribution is 0.0168. The second-order valence-electron chi connectivity index (χ2n) is 3.65. The van der Waals surface area contributed by atoms with Crippen molar-refractivity contribution in [1.29, 1.82) is 0 Å². The van der Waals surface area contributed by atoms with Gasteiger partial charge in [-0.2, -0.15) is 0 Å². The Morgan fingerprint density at radius 2 is 2.50 bits per heavy atom. The molecule has 0 amide bonds. The highest BCUT2D eigenvalue weighted by molar-refractivity contribution is 4.99. The molecule has 0 saturated carbocycles. The molecule has 1 aromatic heterocycles. The van der Waals surface area contributed by atoms with Crippen LogP contribution in [0.2, 0.25) is 0 Å². The summed E-state index contributed by atoms with van der Waals surface area (Å²) in [5.41, 5.74) is 1.08. The molecule has 1 aromatic rings. The first-order chi connectivity index (χ1) is 6.95. The normalized spacial score (nSPS) is 22.4. The van der Waals surface area contributed by atoms with Crippen molar-refractivity contribution in [1.82, 2.24) is 10.5 Å². The lowest BCUT2D eigenvalue weighted by Gasteiger charge is -2.22. The van der Waals surface area contributed by atoms with E-state index in [9.17, 15) is 0 Å². The first-order valence-corrected chi connectivity index (χ1v) is 5.16. The van der Waals surface area contributed by atoms with Crippen LogP contribution < -0.4 is 5.32 Å². The van der Waals surface area contributed by atoms with E-state index in [-0.39, 0.29) is 0 Å². The number of rotatable bonds is 4. The highest BCUT2D eigenvalue weighted by atomic mass is 16.5. The van der Waals surface area contributed by atoms with E-state index in [1.165, 1.54) is 19.3 Å². The summed E-state index contributed by atoms with van der Waals surface area (Å²) in [7, 11) is 0. The van der Waals surface area contributed by atoms with Gasteiger partial charge < -0.3 is 14.6 Å². The van der Waals surface area contributed by atoms with Crippen LogP contribution in [0.3, 0.4) is 0 Å². The van der Waals surface area contributed by atoms with Crippen molar-refractivity contribution in [2.24, 2.45) is 0 Å². The molecule has 1 fully saturated rings. The largest absolute Gasteiger partial charge is 0.377 e. The van der Waals surface area contributed by atoms with Crippen LogP contribution in [0.1, 0.15) is 24.8 Å². The monoisotopic (exact) mass is 196 g/mol. The van der Waals surface area contributed by atoms with Crippen LogP contribution >= 0.6 is 0 Å². The Morgan fingerprint density at radius 3 is 3.21 bits per heavy atom. The predicted molar refractivity (Wildman–Crippen MR) is 51.8 cm³/mol. The molecule has 0 aliphatic carbocycles. The lowest BCUT2D eigenvalue weighted by Crippen LogP contribution is -2.31. The fourth-order valence-electron chi connectivity index (χ4n) is 1.66. The topological polar surface area (TPSA) is 47.3 Å². The van der Waals surface area contributed by atoms with Crippen LogP contribution in [0.4, 0.5) is 0 Å². The molecule has 1 aliphatic heterocycles.